The van der Waals surface area contributed by atoms with Gasteiger partial charge in [-0.2, -0.15) is 0 Å². The van der Waals surface area contributed by atoms with Crippen LogP contribution in [0.1, 0.15) is 33.1 Å². The fourth-order valence-electron chi connectivity index (χ4n) is 1.90. The summed E-state index contributed by atoms with van der Waals surface area (Å²) in [4.78, 5) is 69.1. The highest BCUT2D eigenvalue weighted by Gasteiger charge is 2.30. The van der Waals surface area contributed by atoms with Gasteiger partial charge in [-0.15, -0.1) is 0 Å². The Balaban J connectivity index is 5.34. The molecule has 13 nitrogen and oxygen atoms in total. The van der Waals surface area contributed by atoms with Crippen LogP contribution >= 0.6 is 0 Å². The first-order valence-corrected chi connectivity index (χ1v) is 8.24. The van der Waals surface area contributed by atoms with Crippen molar-refractivity contribution in [2.45, 2.75) is 57.3 Å². The molecule has 158 valence electrons. The van der Waals surface area contributed by atoms with E-state index < -0.39 is 72.6 Å². The van der Waals surface area contributed by atoms with E-state index in [4.69, 9.17) is 21.7 Å². The number of carboxylic acid groups (broad SMARTS) is 2. The number of amides is 4. The second kappa shape index (κ2) is 11.5. The lowest BCUT2D eigenvalue weighted by molar-refractivity contribution is -0.142. The number of primary amides is 1. The molecule has 0 spiro atoms. The van der Waals surface area contributed by atoms with Crippen molar-refractivity contribution in [3.05, 3.63) is 0 Å². The zero-order valence-corrected chi connectivity index (χ0v) is 15.4. The minimum Gasteiger partial charge on any atom is -0.481 e. The molecule has 13 heteroatoms. The zero-order chi connectivity index (χ0) is 22.0. The summed E-state index contributed by atoms with van der Waals surface area (Å²) in [6, 6.07) is -5.16. The van der Waals surface area contributed by atoms with Crippen LogP contribution in [-0.4, -0.2) is 69.9 Å². The third-order valence-corrected chi connectivity index (χ3v) is 3.46. The van der Waals surface area contributed by atoms with E-state index in [-0.39, 0.29) is 6.42 Å². The first-order chi connectivity index (χ1) is 12.8. The summed E-state index contributed by atoms with van der Waals surface area (Å²) in [5.41, 5.74) is 10.4. The Kier molecular flexibility index (Phi) is 10.2. The molecule has 0 saturated carbocycles. The molecule has 0 aromatic carbocycles. The van der Waals surface area contributed by atoms with Gasteiger partial charge >= 0.3 is 11.9 Å². The molecule has 0 bridgehead atoms. The topological polar surface area (TPSA) is 231 Å². The van der Waals surface area contributed by atoms with Crippen molar-refractivity contribution in [1.82, 2.24) is 16.0 Å². The Bertz CT molecular complexity index is 636. The highest BCUT2D eigenvalue weighted by Crippen LogP contribution is 2.02. The van der Waals surface area contributed by atoms with E-state index >= 15 is 0 Å². The second-order valence-electron chi connectivity index (χ2n) is 6.08. The zero-order valence-electron chi connectivity index (χ0n) is 15.4. The predicted molar refractivity (Wildman–Crippen MR) is 93.4 cm³/mol. The van der Waals surface area contributed by atoms with Crippen molar-refractivity contribution in [1.29, 1.82) is 0 Å². The summed E-state index contributed by atoms with van der Waals surface area (Å²) in [6.07, 6.45) is -1.46. The smallest absolute Gasteiger partial charge is 0.325 e. The van der Waals surface area contributed by atoms with Gasteiger partial charge in [0, 0.05) is 6.42 Å². The molecular weight excluding hydrogens is 378 g/mol. The van der Waals surface area contributed by atoms with Crippen LogP contribution in [0.4, 0.5) is 0 Å². The predicted octanol–water partition coefficient (Wildman–Crippen LogP) is -3.37. The van der Waals surface area contributed by atoms with Crippen molar-refractivity contribution in [2.24, 2.45) is 11.5 Å². The molecule has 4 amide bonds. The number of aliphatic carboxylic acids is 2. The van der Waals surface area contributed by atoms with E-state index in [1.54, 1.807) is 0 Å². The highest BCUT2D eigenvalue weighted by molar-refractivity contribution is 5.96. The van der Waals surface area contributed by atoms with Crippen molar-refractivity contribution < 1.29 is 39.0 Å². The maximum Gasteiger partial charge on any atom is 0.325 e. The summed E-state index contributed by atoms with van der Waals surface area (Å²) in [5.74, 6) is -6.20. The maximum absolute atomic E-state index is 12.4. The number of hydrogen-bond acceptors (Lipinski definition) is 7. The van der Waals surface area contributed by atoms with Crippen LogP contribution in [0.25, 0.3) is 0 Å². The summed E-state index contributed by atoms with van der Waals surface area (Å²) < 4.78 is 0. The minimum atomic E-state index is -1.45. The Morgan fingerprint density at radius 3 is 1.79 bits per heavy atom. The molecule has 0 radical (unpaired) electrons. The highest BCUT2D eigenvalue weighted by atomic mass is 16.4. The van der Waals surface area contributed by atoms with Crippen molar-refractivity contribution in [3.63, 3.8) is 0 Å². The minimum absolute atomic E-state index is 0.357. The monoisotopic (exact) mass is 403 g/mol. The lowest BCUT2D eigenvalue weighted by atomic mass is 10.1. The Morgan fingerprint density at radius 2 is 1.36 bits per heavy atom. The number of hydrogen-bond donors (Lipinski definition) is 7. The summed E-state index contributed by atoms with van der Waals surface area (Å²) >= 11 is 0. The fraction of sp³-hybridized carbons (Fsp3) is 0.600. The van der Waals surface area contributed by atoms with Crippen LogP contribution in [-0.2, 0) is 28.8 Å². The van der Waals surface area contributed by atoms with Crippen LogP contribution < -0.4 is 27.4 Å². The van der Waals surface area contributed by atoms with Crippen LogP contribution in [0.2, 0.25) is 0 Å². The van der Waals surface area contributed by atoms with Gasteiger partial charge in [0.1, 0.15) is 18.1 Å². The van der Waals surface area contributed by atoms with Crippen LogP contribution in [0.3, 0.4) is 0 Å². The van der Waals surface area contributed by atoms with Crippen LogP contribution in [0.15, 0.2) is 0 Å². The van der Waals surface area contributed by atoms with Gasteiger partial charge in [-0.1, -0.05) is 0 Å². The summed E-state index contributed by atoms with van der Waals surface area (Å²) in [5, 5.41) is 24.1. The van der Waals surface area contributed by atoms with Gasteiger partial charge in [0.25, 0.3) is 0 Å². The normalized spacial score (nSPS) is 14.7. The Labute approximate surface area is 160 Å². The van der Waals surface area contributed by atoms with Crippen molar-refractivity contribution in [2.75, 3.05) is 0 Å². The quantitative estimate of drug-likeness (QED) is 0.172. The molecule has 0 aromatic heterocycles. The SMILES string of the molecule is CC(N)C(=O)NC(CC(N)=O)C(=O)NC(CCC(=O)O)C(=O)NC(C)C(=O)O. The fourth-order valence-corrected chi connectivity index (χ4v) is 1.90. The van der Waals surface area contributed by atoms with Gasteiger partial charge < -0.3 is 37.6 Å². The molecule has 28 heavy (non-hydrogen) atoms. The van der Waals surface area contributed by atoms with Crippen LogP contribution in [0.5, 0.6) is 0 Å². The molecule has 9 N–H and O–H groups in total. The Morgan fingerprint density at radius 1 is 0.857 bits per heavy atom. The molecule has 0 rings (SSSR count). The summed E-state index contributed by atoms with van der Waals surface area (Å²) in [7, 11) is 0. The summed E-state index contributed by atoms with van der Waals surface area (Å²) in [6.45, 7) is 2.51. The molecule has 0 aliphatic heterocycles. The number of carbonyl (C=O) groups excluding carboxylic acids is 4. The first kappa shape index (κ1) is 24.8. The molecule has 4 atom stereocenters. The number of carboxylic acids is 2. The van der Waals surface area contributed by atoms with E-state index in [2.05, 4.69) is 16.0 Å². The standard InChI is InChI=1S/C15H25N5O8/c1-6(16)12(24)20-9(5-10(17)21)14(26)19-8(3-4-11(22)23)13(25)18-7(2)15(27)28/h6-9H,3-5,16H2,1-2H3,(H2,17,21)(H,18,25)(H,19,26)(H,20,24)(H,22,23)(H,27,28). The lowest BCUT2D eigenvalue weighted by Gasteiger charge is -2.23. The van der Waals surface area contributed by atoms with Crippen molar-refractivity contribution >= 4 is 35.6 Å². The largest absolute Gasteiger partial charge is 0.481 e. The van der Waals surface area contributed by atoms with E-state index in [1.807, 2.05) is 0 Å². The number of rotatable bonds is 12. The second-order valence-corrected chi connectivity index (χ2v) is 6.08. The van der Waals surface area contributed by atoms with Gasteiger partial charge in [0.15, 0.2) is 0 Å². The number of nitrogens with one attached hydrogen (secondary N) is 3. The molecule has 4 unspecified atom stereocenters. The first-order valence-electron chi connectivity index (χ1n) is 8.24. The number of nitrogens with two attached hydrogens (primary N) is 2. The van der Waals surface area contributed by atoms with Gasteiger partial charge in [0.05, 0.1) is 12.5 Å². The van der Waals surface area contributed by atoms with Gasteiger partial charge in [-0.05, 0) is 20.3 Å². The molecule has 0 fully saturated rings. The molecule has 0 aromatic rings. The average Bonchev–Trinajstić information content (AvgIpc) is 2.56. The van der Waals surface area contributed by atoms with Crippen molar-refractivity contribution in [3.8, 4) is 0 Å². The number of carbonyl (C=O) groups is 6. The molecule has 0 saturated heterocycles. The van der Waals surface area contributed by atoms with E-state index in [9.17, 15) is 28.8 Å². The van der Waals surface area contributed by atoms with Gasteiger partial charge in [0.2, 0.25) is 23.6 Å². The third kappa shape index (κ3) is 9.47. The lowest BCUT2D eigenvalue weighted by Crippen LogP contribution is -2.57. The maximum atomic E-state index is 12.4. The van der Waals surface area contributed by atoms with Crippen LogP contribution in [0, 0.1) is 0 Å². The van der Waals surface area contributed by atoms with Gasteiger partial charge in [-0.25, -0.2) is 0 Å². The molecule has 0 aliphatic rings. The van der Waals surface area contributed by atoms with Gasteiger partial charge in [-0.3, -0.25) is 28.8 Å². The molecule has 0 aliphatic carbocycles. The van der Waals surface area contributed by atoms with E-state index in [0.717, 1.165) is 0 Å². The average molecular weight is 403 g/mol. The molecular formula is C15H25N5O8. The van der Waals surface area contributed by atoms with E-state index in [0.29, 0.717) is 0 Å². The molecule has 0 heterocycles. The van der Waals surface area contributed by atoms with E-state index in [1.165, 1.54) is 13.8 Å². The Hall–Kier alpha value is -3.22. The third-order valence-electron chi connectivity index (χ3n) is 3.46.